The van der Waals surface area contributed by atoms with Crippen molar-refractivity contribution >= 4 is 60.4 Å². The van der Waals surface area contributed by atoms with E-state index in [1.807, 2.05) is 109 Å². The summed E-state index contributed by atoms with van der Waals surface area (Å²) in [4.78, 5) is 29.8. The zero-order valence-corrected chi connectivity index (χ0v) is 24.9. The molecule has 4 aromatic heterocycles. The SMILES string of the molecule is O=c1c2cc3c(cc2n(-c2ccccc2)c2nc4ccccc4n12)c1ccccc1n3-c1nc(-c2ccccc2)c2ccccc2n1. The van der Waals surface area contributed by atoms with Gasteiger partial charge in [-0.2, -0.15) is 0 Å². The number of benzene rings is 6. The molecular formula is C40H24N6O. The first-order valence-corrected chi connectivity index (χ1v) is 15.5. The van der Waals surface area contributed by atoms with E-state index in [1.54, 1.807) is 4.40 Å². The topological polar surface area (TPSA) is 70.0 Å². The van der Waals surface area contributed by atoms with Crippen LogP contribution in [0, 0.1) is 0 Å². The van der Waals surface area contributed by atoms with Gasteiger partial charge in [0.2, 0.25) is 11.7 Å². The third-order valence-corrected chi connectivity index (χ3v) is 9.06. The molecule has 6 aromatic carbocycles. The summed E-state index contributed by atoms with van der Waals surface area (Å²) in [6.45, 7) is 0. The van der Waals surface area contributed by atoms with E-state index < -0.39 is 0 Å². The van der Waals surface area contributed by atoms with Crippen molar-refractivity contribution in [3.63, 3.8) is 0 Å². The van der Waals surface area contributed by atoms with Gasteiger partial charge in [0.05, 0.1) is 44.2 Å². The van der Waals surface area contributed by atoms with Crippen LogP contribution in [0.5, 0.6) is 0 Å². The van der Waals surface area contributed by atoms with Crippen LogP contribution in [0.15, 0.2) is 150 Å². The van der Waals surface area contributed by atoms with Crippen LogP contribution in [-0.4, -0.2) is 28.5 Å². The summed E-state index contributed by atoms with van der Waals surface area (Å²) >= 11 is 0. The highest BCUT2D eigenvalue weighted by molar-refractivity contribution is 6.13. The third-order valence-electron chi connectivity index (χ3n) is 9.06. The molecule has 0 spiro atoms. The molecule has 0 radical (unpaired) electrons. The van der Waals surface area contributed by atoms with Gasteiger partial charge in [-0.25, -0.2) is 19.4 Å². The van der Waals surface area contributed by atoms with Crippen LogP contribution in [0.2, 0.25) is 0 Å². The van der Waals surface area contributed by atoms with E-state index >= 15 is 0 Å². The van der Waals surface area contributed by atoms with Gasteiger partial charge in [0.25, 0.3) is 5.56 Å². The van der Waals surface area contributed by atoms with Gasteiger partial charge < -0.3 is 0 Å². The fraction of sp³-hybridized carbons (Fsp3) is 0. The van der Waals surface area contributed by atoms with Crippen molar-refractivity contribution in [1.29, 1.82) is 0 Å². The normalized spacial score (nSPS) is 11.9. The molecule has 0 unspecified atom stereocenters. The number of rotatable bonds is 3. The molecule has 0 N–H and O–H groups in total. The van der Waals surface area contributed by atoms with Gasteiger partial charge in [0, 0.05) is 27.4 Å². The second-order valence-corrected chi connectivity index (χ2v) is 11.7. The van der Waals surface area contributed by atoms with Crippen molar-refractivity contribution in [3.8, 4) is 22.9 Å². The minimum absolute atomic E-state index is 0.126. The number of fused-ring (bicyclic) bond motifs is 8. The molecule has 0 aliphatic carbocycles. The zero-order chi connectivity index (χ0) is 31.1. The van der Waals surface area contributed by atoms with E-state index in [-0.39, 0.29) is 5.56 Å². The molecule has 0 saturated heterocycles. The summed E-state index contributed by atoms with van der Waals surface area (Å²) in [5, 5.41) is 3.59. The van der Waals surface area contributed by atoms with Crippen molar-refractivity contribution in [2.75, 3.05) is 0 Å². The van der Waals surface area contributed by atoms with Crippen molar-refractivity contribution in [1.82, 2.24) is 28.5 Å². The van der Waals surface area contributed by atoms with E-state index in [9.17, 15) is 4.79 Å². The average Bonchev–Trinajstić information content (AvgIpc) is 3.67. The lowest BCUT2D eigenvalue weighted by Crippen LogP contribution is -2.18. The second-order valence-electron chi connectivity index (χ2n) is 11.7. The number of imidazole rings is 1. The van der Waals surface area contributed by atoms with Gasteiger partial charge in [-0.05, 0) is 48.5 Å². The molecule has 7 nitrogen and oxygen atoms in total. The first kappa shape index (κ1) is 25.7. The maximum Gasteiger partial charge on any atom is 0.267 e. The van der Waals surface area contributed by atoms with E-state index in [1.165, 1.54) is 0 Å². The van der Waals surface area contributed by atoms with Crippen LogP contribution in [0.3, 0.4) is 0 Å². The lowest BCUT2D eigenvalue weighted by molar-refractivity contribution is 1.01. The molecule has 0 aliphatic heterocycles. The summed E-state index contributed by atoms with van der Waals surface area (Å²) in [6, 6.07) is 48.6. The van der Waals surface area contributed by atoms with Gasteiger partial charge in [-0.3, -0.25) is 13.9 Å². The molecule has 0 amide bonds. The molecule has 0 fully saturated rings. The predicted octanol–water partition coefficient (Wildman–Crippen LogP) is 8.50. The molecule has 0 aliphatic rings. The zero-order valence-electron chi connectivity index (χ0n) is 24.9. The average molecular weight is 605 g/mol. The number of hydrogen-bond acceptors (Lipinski definition) is 4. The van der Waals surface area contributed by atoms with E-state index in [2.05, 4.69) is 45.5 Å². The second kappa shape index (κ2) is 9.70. The molecule has 10 aromatic rings. The number of aromatic nitrogens is 6. The number of para-hydroxylation sites is 5. The van der Waals surface area contributed by atoms with E-state index in [0.29, 0.717) is 17.1 Å². The van der Waals surface area contributed by atoms with Crippen LogP contribution in [0.25, 0.3) is 83.3 Å². The molecule has 0 saturated carbocycles. The van der Waals surface area contributed by atoms with Crippen LogP contribution in [0.4, 0.5) is 0 Å². The van der Waals surface area contributed by atoms with Crippen LogP contribution < -0.4 is 5.56 Å². The maximum atomic E-state index is 14.5. The molecular weight excluding hydrogens is 580 g/mol. The number of nitrogens with zero attached hydrogens (tertiary/aromatic N) is 6. The van der Waals surface area contributed by atoms with Crippen LogP contribution in [-0.2, 0) is 0 Å². The van der Waals surface area contributed by atoms with Gasteiger partial charge in [-0.15, -0.1) is 0 Å². The molecule has 4 heterocycles. The Hall–Kier alpha value is -6.60. The lowest BCUT2D eigenvalue weighted by Gasteiger charge is -2.14. The van der Waals surface area contributed by atoms with Gasteiger partial charge >= 0.3 is 0 Å². The Kier molecular flexibility index (Phi) is 5.30. The lowest BCUT2D eigenvalue weighted by atomic mass is 10.1. The molecule has 7 heteroatoms. The van der Waals surface area contributed by atoms with Crippen molar-refractivity contribution < 1.29 is 0 Å². The standard InChI is InChI=1S/C40H24N6O/c47-38-30-24-35-29(23-36(30)44(26-15-5-2-6-16-26)40-42-32-20-10-12-22-34(32)46(38)40)27-17-8-11-21-33(27)45(35)39-41-31-19-9-7-18-28(31)37(43-39)25-13-3-1-4-14-25/h1-24H. The highest BCUT2D eigenvalue weighted by atomic mass is 16.1. The molecule has 10 rings (SSSR count). The Morgan fingerprint density at radius 1 is 0.447 bits per heavy atom. The Morgan fingerprint density at radius 3 is 1.87 bits per heavy atom. The monoisotopic (exact) mass is 604 g/mol. The highest BCUT2D eigenvalue weighted by Crippen LogP contribution is 2.36. The smallest absolute Gasteiger partial charge is 0.267 e. The Balaban J connectivity index is 1.38. The fourth-order valence-electron chi connectivity index (χ4n) is 6.98. The highest BCUT2D eigenvalue weighted by Gasteiger charge is 2.22. The summed E-state index contributed by atoms with van der Waals surface area (Å²) in [5.41, 5.74) is 7.64. The van der Waals surface area contributed by atoms with Crippen molar-refractivity contribution in [2.24, 2.45) is 0 Å². The summed E-state index contributed by atoms with van der Waals surface area (Å²) < 4.78 is 5.90. The Bertz CT molecular complexity index is 2920. The fourth-order valence-corrected chi connectivity index (χ4v) is 6.98. The first-order valence-electron chi connectivity index (χ1n) is 15.5. The van der Waals surface area contributed by atoms with Gasteiger partial charge in [0.1, 0.15) is 0 Å². The number of hydrogen-bond donors (Lipinski definition) is 0. The summed E-state index contributed by atoms with van der Waals surface area (Å²) in [5.74, 6) is 1.12. The quantitative estimate of drug-likeness (QED) is 0.203. The van der Waals surface area contributed by atoms with Crippen molar-refractivity contribution in [2.45, 2.75) is 0 Å². The van der Waals surface area contributed by atoms with Crippen LogP contribution in [0.1, 0.15) is 0 Å². The van der Waals surface area contributed by atoms with Crippen LogP contribution >= 0.6 is 0 Å². The summed E-state index contributed by atoms with van der Waals surface area (Å²) in [7, 11) is 0. The molecule has 0 atom stereocenters. The van der Waals surface area contributed by atoms with E-state index in [0.717, 1.165) is 66.2 Å². The van der Waals surface area contributed by atoms with E-state index in [4.69, 9.17) is 15.0 Å². The largest absolute Gasteiger partial charge is 0.279 e. The third kappa shape index (κ3) is 3.68. The molecule has 0 bridgehead atoms. The predicted molar refractivity (Wildman–Crippen MR) is 189 cm³/mol. The first-order chi connectivity index (χ1) is 23.2. The van der Waals surface area contributed by atoms with Crippen molar-refractivity contribution in [3.05, 3.63) is 156 Å². The minimum atomic E-state index is -0.126. The Labute approximate surface area is 267 Å². The maximum absolute atomic E-state index is 14.5. The van der Waals surface area contributed by atoms with Gasteiger partial charge in [0.15, 0.2) is 0 Å². The Morgan fingerprint density at radius 2 is 1.06 bits per heavy atom. The summed E-state index contributed by atoms with van der Waals surface area (Å²) in [6.07, 6.45) is 0. The molecule has 220 valence electrons. The van der Waals surface area contributed by atoms with Gasteiger partial charge in [-0.1, -0.05) is 97.1 Å². The minimum Gasteiger partial charge on any atom is -0.279 e. The molecule has 47 heavy (non-hydrogen) atoms.